The van der Waals surface area contributed by atoms with Gasteiger partial charge in [0.1, 0.15) is 5.75 Å². The molecule has 2 aromatic heterocycles. The summed E-state index contributed by atoms with van der Waals surface area (Å²) in [6, 6.07) is 17.6. The third kappa shape index (κ3) is 3.98. The SMILES string of the molecule is COc1ccc(CC(=O)N2CCCN(c3nc4cc(Cl)ccc4n4cccc34)CC2)cc1. The van der Waals surface area contributed by atoms with E-state index in [9.17, 15) is 4.79 Å². The van der Waals surface area contributed by atoms with Crippen LogP contribution in [0.4, 0.5) is 5.82 Å². The molecule has 32 heavy (non-hydrogen) atoms. The van der Waals surface area contributed by atoms with Crippen LogP contribution in [0.1, 0.15) is 12.0 Å². The van der Waals surface area contributed by atoms with Crippen molar-refractivity contribution < 1.29 is 9.53 Å². The van der Waals surface area contributed by atoms with Gasteiger partial charge in [0, 0.05) is 37.4 Å². The number of ether oxygens (including phenoxy) is 1. The summed E-state index contributed by atoms with van der Waals surface area (Å²) in [7, 11) is 1.64. The molecular formula is C25H25ClN4O2. The van der Waals surface area contributed by atoms with Gasteiger partial charge in [0.05, 0.1) is 30.1 Å². The van der Waals surface area contributed by atoms with E-state index in [1.54, 1.807) is 7.11 Å². The quantitative estimate of drug-likeness (QED) is 0.463. The highest BCUT2D eigenvalue weighted by Crippen LogP contribution is 2.28. The highest BCUT2D eigenvalue weighted by molar-refractivity contribution is 6.31. The second-order valence-electron chi connectivity index (χ2n) is 8.08. The molecule has 164 valence electrons. The summed E-state index contributed by atoms with van der Waals surface area (Å²) >= 11 is 6.23. The molecule has 1 aliphatic rings. The van der Waals surface area contributed by atoms with Crippen molar-refractivity contribution in [2.75, 3.05) is 38.2 Å². The van der Waals surface area contributed by atoms with Crippen LogP contribution in [0.2, 0.25) is 5.02 Å². The van der Waals surface area contributed by atoms with Crippen molar-refractivity contribution in [1.82, 2.24) is 14.3 Å². The van der Waals surface area contributed by atoms with Crippen LogP contribution < -0.4 is 9.64 Å². The minimum atomic E-state index is 0.156. The van der Waals surface area contributed by atoms with Crippen LogP contribution in [0.25, 0.3) is 16.6 Å². The molecule has 0 unspecified atom stereocenters. The molecule has 5 rings (SSSR count). The van der Waals surface area contributed by atoms with E-state index in [0.29, 0.717) is 18.0 Å². The van der Waals surface area contributed by atoms with E-state index in [1.165, 1.54) is 0 Å². The molecule has 1 fully saturated rings. The van der Waals surface area contributed by atoms with Gasteiger partial charge in [-0.2, -0.15) is 0 Å². The smallest absolute Gasteiger partial charge is 0.227 e. The molecule has 6 nitrogen and oxygen atoms in total. The van der Waals surface area contributed by atoms with Gasteiger partial charge in [-0.15, -0.1) is 0 Å². The molecule has 0 bridgehead atoms. The summed E-state index contributed by atoms with van der Waals surface area (Å²) in [6.07, 6.45) is 3.36. The second kappa shape index (κ2) is 8.71. The van der Waals surface area contributed by atoms with E-state index < -0.39 is 0 Å². The highest BCUT2D eigenvalue weighted by Gasteiger charge is 2.22. The molecule has 0 aliphatic carbocycles. The van der Waals surface area contributed by atoms with Crippen LogP contribution in [-0.4, -0.2) is 53.5 Å². The Balaban J connectivity index is 1.35. The number of aromatic nitrogens is 2. The van der Waals surface area contributed by atoms with Gasteiger partial charge < -0.3 is 18.9 Å². The van der Waals surface area contributed by atoms with E-state index in [4.69, 9.17) is 21.3 Å². The summed E-state index contributed by atoms with van der Waals surface area (Å²) in [5.41, 5.74) is 3.97. The Morgan fingerprint density at radius 3 is 2.69 bits per heavy atom. The van der Waals surface area contributed by atoms with E-state index in [2.05, 4.69) is 21.6 Å². The Morgan fingerprint density at radius 2 is 1.88 bits per heavy atom. The van der Waals surface area contributed by atoms with Crippen molar-refractivity contribution in [2.24, 2.45) is 0 Å². The van der Waals surface area contributed by atoms with E-state index in [1.807, 2.05) is 53.4 Å². The number of rotatable bonds is 4. The fourth-order valence-electron chi connectivity index (χ4n) is 4.38. The molecule has 1 amide bonds. The highest BCUT2D eigenvalue weighted by atomic mass is 35.5. The molecule has 0 N–H and O–H groups in total. The summed E-state index contributed by atoms with van der Waals surface area (Å²) in [4.78, 5) is 22.2. The first-order chi connectivity index (χ1) is 15.6. The zero-order chi connectivity index (χ0) is 22.1. The van der Waals surface area contributed by atoms with Gasteiger partial charge in [-0.1, -0.05) is 23.7 Å². The van der Waals surface area contributed by atoms with Gasteiger partial charge >= 0.3 is 0 Å². The van der Waals surface area contributed by atoms with Gasteiger partial charge in [0.2, 0.25) is 5.91 Å². The third-order valence-corrected chi connectivity index (χ3v) is 6.30. The summed E-state index contributed by atoms with van der Waals surface area (Å²) in [5, 5.41) is 0.675. The first kappa shape index (κ1) is 20.6. The summed E-state index contributed by atoms with van der Waals surface area (Å²) in [6.45, 7) is 3.03. The van der Waals surface area contributed by atoms with Crippen molar-refractivity contribution in [3.8, 4) is 5.75 Å². The first-order valence-electron chi connectivity index (χ1n) is 10.8. The lowest BCUT2D eigenvalue weighted by molar-refractivity contribution is -0.130. The number of halogens is 1. The normalized spacial score (nSPS) is 14.7. The molecule has 1 saturated heterocycles. The molecular weight excluding hydrogens is 424 g/mol. The molecule has 4 aromatic rings. The Labute approximate surface area is 192 Å². The summed E-state index contributed by atoms with van der Waals surface area (Å²) in [5.74, 6) is 1.89. The number of anilines is 1. The Hall–Kier alpha value is -3.25. The monoisotopic (exact) mass is 448 g/mol. The van der Waals surface area contributed by atoms with Crippen LogP contribution in [0.15, 0.2) is 60.8 Å². The maximum atomic E-state index is 12.9. The molecule has 0 atom stereocenters. The summed E-state index contributed by atoms with van der Waals surface area (Å²) < 4.78 is 7.36. The lowest BCUT2D eigenvalue weighted by atomic mass is 10.1. The number of hydrogen-bond acceptors (Lipinski definition) is 4. The lowest BCUT2D eigenvalue weighted by Crippen LogP contribution is -2.36. The lowest BCUT2D eigenvalue weighted by Gasteiger charge is -2.24. The largest absolute Gasteiger partial charge is 0.497 e. The standard InChI is InChI=1S/C25H25ClN4O2/c1-32-20-8-5-18(6-9-20)16-24(31)28-11-3-12-29(15-14-28)25-23-4-2-13-30(23)22-10-7-19(26)17-21(22)27-25/h2,4-10,13,17H,3,11-12,14-16H2,1H3. The molecule has 1 aliphatic heterocycles. The Kier molecular flexibility index (Phi) is 5.62. The Bertz CT molecular complexity index is 1270. The number of nitrogens with zero attached hydrogens (tertiary/aromatic N) is 4. The molecule has 0 saturated carbocycles. The topological polar surface area (TPSA) is 50.1 Å². The maximum Gasteiger partial charge on any atom is 0.227 e. The first-order valence-corrected chi connectivity index (χ1v) is 11.2. The minimum Gasteiger partial charge on any atom is -0.497 e. The van der Waals surface area contributed by atoms with Gasteiger partial charge in [0.25, 0.3) is 0 Å². The average molecular weight is 449 g/mol. The fourth-order valence-corrected chi connectivity index (χ4v) is 4.54. The number of hydrogen-bond donors (Lipinski definition) is 0. The van der Waals surface area contributed by atoms with Gasteiger partial charge in [-0.25, -0.2) is 4.98 Å². The Morgan fingerprint density at radius 1 is 1.03 bits per heavy atom. The number of methoxy groups -OCH3 is 1. The molecule has 0 radical (unpaired) electrons. The van der Waals surface area contributed by atoms with Crippen molar-refractivity contribution >= 4 is 39.9 Å². The van der Waals surface area contributed by atoms with Gasteiger partial charge in [-0.3, -0.25) is 4.79 Å². The van der Waals surface area contributed by atoms with Crippen LogP contribution in [0.5, 0.6) is 5.75 Å². The number of carbonyl (C=O) groups is 1. The van der Waals surface area contributed by atoms with Crippen molar-refractivity contribution in [1.29, 1.82) is 0 Å². The number of carbonyl (C=O) groups excluding carboxylic acids is 1. The molecule has 2 aromatic carbocycles. The fraction of sp³-hybridized carbons (Fsp3) is 0.280. The van der Waals surface area contributed by atoms with Crippen molar-refractivity contribution in [3.63, 3.8) is 0 Å². The van der Waals surface area contributed by atoms with Crippen LogP contribution >= 0.6 is 11.6 Å². The van der Waals surface area contributed by atoms with Crippen LogP contribution in [-0.2, 0) is 11.2 Å². The molecule has 3 heterocycles. The van der Waals surface area contributed by atoms with Crippen LogP contribution in [0, 0.1) is 0 Å². The number of benzene rings is 2. The number of fused-ring (bicyclic) bond motifs is 3. The number of amides is 1. The zero-order valence-electron chi connectivity index (χ0n) is 18.0. The van der Waals surface area contributed by atoms with E-state index in [0.717, 1.165) is 59.7 Å². The average Bonchev–Trinajstić information content (AvgIpc) is 3.16. The van der Waals surface area contributed by atoms with E-state index >= 15 is 0 Å². The predicted molar refractivity (Wildman–Crippen MR) is 128 cm³/mol. The third-order valence-electron chi connectivity index (χ3n) is 6.06. The van der Waals surface area contributed by atoms with Crippen LogP contribution in [0.3, 0.4) is 0 Å². The van der Waals surface area contributed by atoms with E-state index in [-0.39, 0.29) is 5.91 Å². The van der Waals surface area contributed by atoms with Crippen molar-refractivity contribution in [3.05, 3.63) is 71.4 Å². The van der Waals surface area contributed by atoms with Gasteiger partial charge in [-0.05, 0) is 54.4 Å². The minimum absolute atomic E-state index is 0.156. The van der Waals surface area contributed by atoms with Crippen molar-refractivity contribution in [2.45, 2.75) is 12.8 Å². The maximum absolute atomic E-state index is 12.9. The predicted octanol–water partition coefficient (Wildman–Crippen LogP) is 4.43. The zero-order valence-corrected chi connectivity index (χ0v) is 18.8. The molecule has 7 heteroatoms. The second-order valence-corrected chi connectivity index (χ2v) is 8.51. The van der Waals surface area contributed by atoms with Gasteiger partial charge in [0.15, 0.2) is 5.82 Å². The molecule has 0 spiro atoms.